The van der Waals surface area contributed by atoms with Crippen molar-refractivity contribution in [3.8, 4) is 5.75 Å². The first-order valence-corrected chi connectivity index (χ1v) is 8.55. The van der Waals surface area contributed by atoms with Crippen LogP contribution in [-0.4, -0.2) is 30.2 Å². The number of methoxy groups -OCH3 is 1. The van der Waals surface area contributed by atoms with Gasteiger partial charge in [0.25, 0.3) is 0 Å². The molecule has 2 aromatic rings. The van der Waals surface area contributed by atoms with E-state index in [4.69, 9.17) is 4.74 Å². The second-order valence-electron chi connectivity index (χ2n) is 6.58. The fraction of sp³-hybridized carbons (Fsp3) is 0.400. The van der Waals surface area contributed by atoms with E-state index in [1.54, 1.807) is 18.2 Å². The Hall–Kier alpha value is -1.98. The summed E-state index contributed by atoms with van der Waals surface area (Å²) in [5.41, 5.74) is 1.67. The summed E-state index contributed by atoms with van der Waals surface area (Å²) in [7, 11) is 1.45. The van der Waals surface area contributed by atoms with E-state index in [-0.39, 0.29) is 23.3 Å². The Morgan fingerprint density at radius 1 is 1.12 bits per heavy atom. The van der Waals surface area contributed by atoms with E-state index in [0.29, 0.717) is 6.54 Å². The molecule has 3 nitrogen and oxygen atoms in total. The number of benzene rings is 2. The largest absolute Gasteiger partial charge is 0.494 e. The number of ether oxygens (including phenoxy) is 1. The van der Waals surface area contributed by atoms with Crippen LogP contribution in [0.1, 0.15) is 30.1 Å². The van der Waals surface area contributed by atoms with Crippen LogP contribution in [0.25, 0.3) is 0 Å². The summed E-state index contributed by atoms with van der Waals surface area (Å²) in [4.78, 5) is 2.26. The van der Waals surface area contributed by atoms with Gasteiger partial charge < -0.3 is 9.84 Å². The van der Waals surface area contributed by atoms with Crippen molar-refractivity contribution in [3.05, 3.63) is 65.2 Å². The molecule has 1 saturated heterocycles. The van der Waals surface area contributed by atoms with Crippen molar-refractivity contribution < 1.29 is 18.6 Å². The molecule has 1 unspecified atom stereocenters. The smallest absolute Gasteiger partial charge is 0.165 e. The highest BCUT2D eigenvalue weighted by atomic mass is 19.1. The Bertz CT molecular complexity index is 697. The van der Waals surface area contributed by atoms with Gasteiger partial charge in [0.2, 0.25) is 0 Å². The SMILES string of the molecule is COc1ccc(CN2CCC(C(O)c3ccc(F)cc3)CC2)cc1F. The molecular formula is C20H23F2NO2. The number of piperidine rings is 1. The van der Waals surface area contributed by atoms with Gasteiger partial charge in [0.05, 0.1) is 13.2 Å². The van der Waals surface area contributed by atoms with Crippen LogP contribution >= 0.6 is 0 Å². The Morgan fingerprint density at radius 2 is 1.80 bits per heavy atom. The van der Waals surface area contributed by atoms with Crippen molar-refractivity contribution in [3.63, 3.8) is 0 Å². The van der Waals surface area contributed by atoms with Crippen LogP contribution in [0.15, 0.2) is 42.5 Å². The summed E-state index contributed by atoms with van der Waals surface area (Å²) in [6, 6.07) is 11.1. The molecule has 0 bridgehead atoms. The zero-order valence-corrected chi connectivity index (χ0v) is 14.3. The van der Waals surface area contributed by atoms with Crippen molar-refractivity contribution in [2.24, 2.45) is 5.92 Å². The second kappa shape index (κ2) is 7.93. The lowest BCUT2D eigenvalue weighted by molar-refractivity contribution is 0.0567. The van der Waals surface area contributed by atoms with Gasteiger partial charge in [-0.05, 0) is 67.2 Å². The number of halogens is 2. The number of rotatable bonds is 5. The number of aliphatic hydroxyl groups excluding tert-OH is 1. The molecule has 0 spiro atoms. The predicted octanol–water partition coefficient (Wildman–Crippen LogP) is 3.92. The highest BCUT2D eigenvalue weighted by molar-refractivity contribution is 5.29. The molecule has 1 heterocycles. The van der Waals surface area contributed by atoms with Crippen molar-refractivity contribution in [2.75, 3.05) is 20.2 Å². The molecule has 0 amide bonds. The van der Waals surface area contributed by atoms with Crippen LogP contribution < -0.4 is 4.74 Å². The number of hydrogen-bond acceptors (Lipinski definition) is 3. The number of nitrogens with zero attached hydrogens (tertiary/aromatic N) is 1. The molecule has 0 radical (unpaired) electrons. The van der Waals surface area contributed by atoms with Gasteiger partial charge in [0.1, 0.15) is 5.82 Å². The maximum Gasteiger partial charge on any atom is 0.165 e. The summed E-state index contributed by atoms with van der Waals surface area (Å²) in [5, 5.41) is 10.5. The van der Waals surface area contributed by atoms with Gasteiger partial charge in [-0.25, -0.2) is 8.78 Å². The molecule has 134 valence electrons. The van der Waals surface area contributed by atoms with Gasteiger partial charge in [0, 0.05) is 6.54 Å². The molecule has 0 saturated carbocycles. The molecule has 0 aromatic heterocycles. The van der Waals surface area contributed by atoms with Crippen LogP contribution in [0.3, 0.4) is 0 Å². The minimum absolute atomic E-state index is 0.161. The Kier molecular flexibility index (Phi) is 5.66. The number of likely N-dealkylation sites (tertiary alicyclic amines) is 1. The van der Waals surface area contributed by atoms with Gasteiger partial charge in [-0.2, -0.15) is 0 Å². The Morgan fingerprint density at radius 3 is 2.40 bits per heavy atom. The van der Waals surface area contributed by atoms with Crippen molar-refractivity contribution >= 4 is 0 Å². The van der Waals surface area contributed by atoms with E-state index in [2.05, 4.69) is 4.90 Å². The van der Waals surface area contributed by atoms with Gasteiger partial charge in [0.15, 0.2) is 11.6 Å². The van der Waals surface area contributed by atoms with Crippen LogP contribution in [-0.2, 0) is 6.54 Å². The van der Waals surface area contributed by atoms with Gasteiger partial charge >= 0.3 is 0 Å². The summed E-state index contributed by atoms with van der Waals surface area (Å²) >= 11 is 0. The van der Waals surface area contributed by atoms with E-state index < -0.39 is 6.10 Å². The zero-order valence-electron chi connectivity index (χ0n) is 14.3. The van der Waals surface area contributed by atoms with Crippen LogP contribution in [0, 0.1) is 17.6 Å². The first kappa shape index (κ1) is 17.8. The fourth-order valence-corrected chi connectivity index (χ4v) is 3.43. The molecule has 1 aliphatic rings. The first-order chi connectivity index (χ1) is 12.1. The minimum Gasteiger partial charge on any atom is -0.494 e. The maximum atomic E-state index is 13.8. The molecule has 25 heavy (non-hydrogen) atoms. The van der Waals surface area contributed by atoms with E-state index >= 15 is 0 Å². The highest BCUT2D eigenvalue weighted by Crippen LogP contribution is 2.31. The second-order valence-corrected chi connectivity index (χ2v) is 6.58. The van der Waals surface area contributed by atoms with Gasteiger partial charge in [-0.3, -0.25) is 4.90 Å². The third kappa shape index (κ3) is 4.35. The van der Waals surface area contributed by atoms with Crippen LogP contribution in [0.2, 0.25) is 0 Å². The van der Waals surface area contributed by atoms with E-state index in [9.17, 15) is 13.9 Å². The van der Waals surface area contributed by atoms with Crippen molar-refractivity contribution in [1.29, 1.82) is 0 Å². The molecular weight excluding hydrogens is 324 g/mol. The molecule has 1 aliphatic heterocycles. The number of hydrogen-bond donors (Lipinski definition) is 1. The lowest BCUT2D eigenvalue weighted by Gasteiger charge is -2.34. The summed E-state index contributed by atoms with van der Waals surface area (Å²) < 4.78 is 31.7. The molecule has 0 aliphatic carbocycles. The quantitative estimate of drug-likeness (QED) is 0.890. The molecule has 2 aromatic carbocycles. The molecule has 5 heteroatoms. The predicted molar refractivity (Wildman–Crippen MR) is 92.3 cm³/mol. The Balaban J connectivity index is 1.54. The lowest BCUT2D eigenvalue weighted by Crippen LogP contribution is -2.35. The molecule has 1 atom stereocenters. The number of aliphatic hydroxyl groups is 1. The standard InChI is InChI=1S/C20H23F2NO2/c1-25-19-7-2-14(12-18(19)22)13-23-10-8-16(9-11-23)20(24)15-3-5-17(21)6-4-15/h2-7,12,16,20,24H,8-11,13H2,1H3. The fourth-order valence-electron chi connectivity index (χ4n) is 3.43. The van der Waals surface area contributed by atoms with Gasteiger partial charge in [-0.15, -0.1) is 0 Å². The van der Waals surface area contributed by atoms with Crippen molar-refractivity contribution in [2.45, 2.75) is 25.5 Å². The van der Waals surface area contributed by atoms with Crippen molar-refractivity contribution in [1.82, 2.24) is 4.90 Å². The summed E-state index contributed by atoms with van der Waals surface area (Å²) in [6.45, 7) is 2.37. The third-order valence-corrected chi connectivity index (χ3v) is 4.91. The average molecular weight is 347 g/mol. The monoisotopic (exact) mass is 347 g/mol. The van der Waals surface area contributed by atoms with E-state index in [1.165, 1.54) is 25.3 Å². The van der Waals surface area contributed by atoms with Crippen LogP contribution in [0.4, 0.5) is 8.78 Å². The summed E-state index contributed by atoms with van der Waals surface area (Å²) in [5.74, 6) is -0.224. The van der Waals surface area contributed by atoms with Gasteiger partial charge in [-0.1, -0.05) is 18.2 Å². The zero-order chi connectivity index (χ0) is 17.8. The molecule has 3 rings (SSSR count). The lowest BCUT2D eigenvalue weighted by atomic mass is 9.87. The first-order valence-electron chi connectivity index (χ1n) is 8.55. The van der Waals surface area contributed by atoms with E-state index in [1.807, 2.05) is 6.07 Å². The molecule has 1 N–H and O–H groups in total. The third-order valence-electron chi connectivity index (χ3n) is 4.91. The van der Waals surface area contributed by atoms with Crippen LogP contribution in [0.5, 0.6) is 5.75 Å². The summed E-state index contributed by atoms with van der Waals surface area (Å²) in [6.07, 6.45) is 1.15. The highest BCUT2D eigenvalue weighted by Gasteiger charge is 2.26. The average Bonchev–Trinajstić information content (AvgIpc) is 2.63. The Labute approximate surface area is 146 Å². The molecule has 1 fully saturated rings. The minimum atomic E-state index is -0.568. The maximum absolute atomic E-state index is 13.8. The topological polar surface area (TPSA) is 32.7 Å². The van der Waals surface area contributed by atoms with E-state index in [0.717, 1.165) is 37.1 Å². The normalized spacial score (nSPS) is 17.4.